The van der Waals surface area contributed by atoms with E-state index >= 15 is 0 Å². The van der Waals surface area contributed by atoms with Crippen LogP contribution in [-0.2, 0) is 0 Å². The molecule has 3 unspecified atom stereocenters. The molecule has 3 rings (SSSR count). The maximum absolute atomic E-state index is 6.17. The van der Waals surface area contributed by atoms with Gasteiger partial charge < -0.3 is 15.5 Å². The summed E-state index contributed by atoms with van der Waals surface area (Å²) < 4.78 is 0. The fourth-order valence-electron chi connectivity index (χ4n) is 4.44. The monoisotopic (exact) mass is 408 g/mol. The first kappa shape index (κ1) is 20.8. The molecule has 2 heterocycles. The Kier molecular flexibility index (Phi) is 7.74. The number of thioether (sulfide) groups is 1. The Bertz CT molecular complexity index is 624. The zero-order valence-electron chi connectivity index (χ0n) is 16.7. The van der Waals surface area contributed by atoms with Crippen molar-refractivity contribution in [3.63, 3.8) is 0 Å². The molecule has 2 saturated heterocycles. The van der Waals surface area contributed by atoms with Crippen LogP contribution in [0.1, 0.15) is 49.8 Å². The first-order valence-corrected chi connectivity index (χ1v) is 11.8. The van der Waals surface area contributed by atoms with Gasteiger partial charge >= 0.3 is 0 Å². The van der Waals surface area contributed by atoms with Gasteiger partial charge in [-0.1, -0.05) is 30.2 Å². The van der Waals surface area contributed by atoms with Crippen LogP contribution < -0.4 is 10.6 Å². The van der Waals surface area contributed by atoms with Crippen LogP contribution in [0.5, 0.6) is 0 Å². The molecule has 0 amide bonds. The number of fused-ring (bicyclic) bond motifs is 2. The van der Waals surface area contributed by atoms with Crippen LogP contribution >= 0.6 is 23.4 Å². The minimum absolute atomic E-state index is 0.316. The topological polar surface area (TPSA) is 39.7 Å². The summed E-state index contributed by atoms with van der Waals surface area (Å²) in [7, 11) is 2.30. The molecular formula is C21H33ClN4S. The van der Waals surface area contributed by atoms with E-state index in [0.717, 1.165) is 36.2 Å². The van der Waals surface area contributed by atoms with Crippen LogP contribution in [0.4, 0.5) is 0 Å². The molecule has 2 aliphatic rings. The highest BCUT2D eigenvalue weighted by Gasteiger charge is 2.36. The Balaban J connectivity index is 1.64. The molecule has 2 fully saturated rings. The summed E-state index contributed by atoms with van der Waals surface area (Å²) in [6, 6.07) is 10.1. The fraction of sp³-hybridized carbons (Fsp3) is 0.667. The van der Waals surface area contributed by atoms with Crippen molar-refractivity contribution in [2.75, 3.05) is 26.4 Å². The fourth-order valence-corrected chi connectivity index (χ4v) is 5.29. The predicted octanol–water partition coefficient (Wildman–Crippen LogP) is 4.31. The van der Waals surface area contributed by atoms with Crippen molar-refractivity contribution in [1.29, 1.82) is 0 Å². The number of benzene rings is 1. The summed E-state index contributed by atoms with van der Waals surface area (Å²) in [5.41, 5.74) is 1.24. The van der Waals surface area contributed by atoms with E-state index in [9.17, 15) is 0 Å². The quantitative estimate of drug-likeness (QED) is 0.543. The number of rotatable bonds is 6. The largest absolute Gasteiger partial charge is 0.357 e. The van der Waals surface area contributed by atoms with Crippen molar-refractivity contribution < 1.29 is 0 Å². The third kappa shape index (κ3) is 5.55. The number of aliphatic imine (C=N–C) groups is 1. The Morgan fingerprint density at radius 3 is 2.70 bits per heavy atom. The third-order valence-corrected chi connectivity index (χ3v) is 7.17. The minimum atomic E-state index is 0.316. The lowest BCUT2D eigenvalue weighted by molar-refractivity contribution is 0.0526. The second-order valence-corrected chi connectivity index (χ2v) is 9.19. The Labute approximate surface area is 173 Å². The zero-order valence-corrected chi connectivity index (χ0v) is 18.3. The lowest BCUT2D eigenvalue weighted by atomic mass is 9.82. The molecule has 0 spiro atoms. The lowest BCUT2D eigenvalue weighted by Gasteiger charge is -2.47. The number of halogens is 1. The summed E-state index contributed by atoms with van der Waals surface area (Å²) in [6.07, 6.45) is 8.63. The van der Waals surface area contributed by atoms with Crippen molar-refractivity contribution in [1.82, 2.24) is 15.5 Å². The molecule has 1 aromatic carbocycles. The van der Waals surface area contributed by atoms with Gasteiger partial charge in [0.05, 0.1) is 6.54 Å². The van der Waals surface area contributed by atoms with Crippen LogP contribution in [0.25, 0.3) is 0 Å². The molecule has 0 radical (unpaired) electrons. The average Bonchev–Trinajstić information content (AvgIpc) is 2.63. The Hall–Kier alpha value is -0.910. The first-order valence-electron chi connectivity index (χ1n) is 10.2. The molecule has 2 N–H and O–H groups in total. The summed E-state index contributed by atoms with van der Waals surface area (Å²) in [5, 5.41) is 8.27. The van der Waals surface area contributed by atoms with Crippen molar-refractivity contribution in [2.45, 2.75) is 62.4 Å². The van der Waals surface area contributed by atoms with Crippen molar-refractivity contribution >= 4 is 29.3 Å². The van der Waals surface area contributed by atoms with Gasteiger partial charge in [-0.3, -0.25) is 4.99 Å². The van der Waals surface area contributed by atoms with Crippen molar-refractivity contribution in [3.05, 3.63) is 34.9 Å². The molecule has 27 heavy (non-hydrogen) atoms. The molecule has 3 atom stereocenters. The van der Waals surface area contributed by atoms with Gasteiger partial charge in [-0.2, -0.15) is 11.8 Å². The highest BCUT2D eigenvalue weighted by atomic mass is 35.5. The van der Waals surface area contributed by atoms with E-state index in [2.05, 4.69) is 47.9 Å². The highest BCUT2D eigenvalue weighted by Crippen LogP contribution is 2.33. The van der Waals surface area contributed by atoms with E-state index in [1.165, 1.54) is 37.7 Å². The maximum atomic E-state index is 6.17. The normalized spacial score (nSPS) is 27.3. The molecule has 1 aromatic rings. The zero-order chi connectivity index (χ0) is 19.2. The lowest BCUT2D eigenvalue weighted by Crippen LogP contribution is -2.56. The summed E-state index contributed by atoms with van der Waals surface area (Å²) in [4.78, 5) is 7.52. The SMILES string of the molecule is CCNC(=NCC(SC)c1cccc(Cl)c1)NC1CC2CCCC(C1)N2C. The molecule has 0 aromatic heterocycles. The standard InChI is InChI=1S/C21H33ClN4S/c1-4-23-21(24-14-20(27-3)15-7-5-8-16(22)11-15)25-17-12-18-9-6-10-19(13-17)26(18)2/h5,7-8,11,17-20H,4,6,9-10,12-14H2,1-3H3,(H2,23,24,25). The highest BCUT2D eigenvalue weighted by molar-refractivity contribution is 7.98. The molecule has 2 aliphatic heterocycles. The molecule has 0 aliphatic carbocycles. The van der Waals surface area contributed by atoms with Crippen molar-refractivity contribution in [3.8, 4) is 0 Å². The van der Waals surface area contributed by atoms with Crippen LogP contribution in [0.15, 0.2) is 29.3 Å². The second kappa shape index (κ2) is 10.0. The summed E-state index contributed by atoms with van der Waals surface area (Å²) in [6.45, 7) is 3.76. The Morgan fingerprint density at radius 1 is 1.33 bits per heavy atom. The van der Waals surface area contributed by atoms with E-state index in [0.29, 0.717) is 11.3 Å². The predicted molar refractivity (Wildman–Crippen MR) is 119 cm³/mol. The maximum Gasteiger partial charge on any atom is 0.191 e. The minimum Gasteiger partial charge on any atom is -0.357 e. The van der Waals surface area contributed by atoms with Crippen LogP contribution in [-0.4, -0.2) is 55.4 Å². The van der Waals surface area contributed by atoms with Crippen LogP contribution in [0.2, 0.25) is 5.02 Å². The van der Waals surface area contributed by atoms with E-state index in [4.69, 9.17) is 16.6 Å². The van der Waals surface area contributed by atoms with Gasteiger partial charge in [0.15, 0.2) is 5.96 Å². The number of guanidine groups is 1. The average molecular weight is 409 g/mol. The molecule has 150 valence electrons. The summed E-state index contributed by atoms with van der Waals surface area (Å²) >= 11 is 8.00. The van der Waals surface area contributed by atoms with E-state index in [1.54, 1.807) is 0 Å². The van der Waals surface area contributed by atoms with Gasteiger partial charge in [0.2, 0.25) is 0 Å². The van der Waals surface area contributed by atoms with Crippen LogP contribution in [0.3, 0.4) is 0 Å². The third-order valence-electron chi connectivity index (χ3n) is 5.95. The first-order chi connectivity index (χ1) is 13.1. The number of piperidine rings is 2. The molecule has 6 heteroatoms. The number of nitrogens with one attached hydrogen (secondary N) is 2. The molecule has 0 saturated carbocycles. The van der Waals surface area contributed by atoms with Gasteiger partial charge in [0.1, 0.15) is 0 Å². The van der Waals surface area contributed by atoms with Crippen LogP contribution in [0, 0.1) is 0 Å². The smallest absolute Gasteiger partial charge is 0.191 e. The van der Waals surface area contributed by atoms with Gasteiger partial charge in [0, 0.05) is 34.9 Å². The number of hydrogen-bond donors (Lipinski definition) is 2. The molecular weight excluding hydrogens is 376 g/mol. The Morgan fingerprint density at radius 2 is 2.07 bits per heavy atom. The second-order valence-electron chi connectivity index (χ2n) is 7.72. The van der Waals surface area contributed by atoms with E-state index < -0.39 is 0 Å². The molecule has 2 bridgehead atoms. The van der Waals surface area contributed by atoms with Crippen molar-refractivity contribution in [2.24, 2.45) is 4.99 Å². The number of nitrogens with zero attached hydrogens (tertiary/aromatic N) is 2. The van der Waals surface area contributed by atoms with Gasteiger partial charge in [-0.05, 0) is 63.6 Å². The number of hydrogen-bond acceptors (Lipinski definition) is 3. The summed E-state index contributed by atoms with van der Waals surface area (Å²) in [5.74, 6) is 0.950. The van der Waals surface area contributed by atoms with E-state index in [1.807, 2.05) is 23.9 Å². The van der Waals surface area contributed by atoms with Gasteiger partial charge in [-0.15, -0.1) is 0 Å². The molecule has 4 nitrogen and oxygen atoms in total. The van der Waals surface area contributed by atoms with E-state index in [-0.39, 0.29) is 0 Å². The van der Waals surface area contributed by atoms with Gasteiger partial charge in [0.25, 0.3) is 0 Å². The van der Waals surface area contributed by atoms with Gasteiger partial charge in [-0.25, -0.2) is 0 Å².